The molecular weight excluding hydrogens is 444 g/mol. The van der Waals surface area contributed by atoms with Crippen molar-refractivity contribution in [2.24, 2.45) is 0 Å². The van der Waals surface area contributed by atoms with Gasteiger partial charge in [0.15, 0.2) is 0 Å². The number of amides is 1. The highest BCUT2D eigenvalue weighted by Gasteiger charge is 2.28. The molecule has 0 aromatic heterocycles. The Morgan fingerprint density at radius 1 is 1.20 bits per heavy atom. The molecule has 9 heteroatoms. The van der Waals surface area contributed by atoms with Crippen LogP contribution in [0.15, 0.2) is 47.4 Å². The summed E-state index contributed by atoms with van der Waals surface area (Å²) in [6.07, 6.45) is 1.71. The summed E-state index contributed by atoms with van der Waals surface area (Å²) >= 11 is 7.66. The molecule has 0 unspecified atom stereocenters. The minimum Gasteiger partial charge on any atom is -0.496 e. The molecule has 1 aliphatic rings. The van der Waals surface area contributed by atoms with Crippen molar-refractivity contribution in [1.29, 1.82) is 0 Å². The van der Waals surface area contributed by atoms with E-state index < -0.39 is 10.0 Å². The summed E-state index contributed by atoms with van der Waals surface area (Å²) in [5.41, 5.74) is 1.35. The molecule has 3 rings (SSSR count). The number of halogens is 1. The van der Waals surface area contributed by atoms with Crippen molar-refractivity contribution in [3.63, 3.8) is 0 Å². The summed E-state index contributed by atoms with van der Waals surface area (Å²) in [7, 11) is -2.14. The van der Waals surface area contributed by atoms with Gasteiger partial charge in [-0.05, 0) is 48.7 Å². The topological polar surface area (TPSA) is 75.7 Å². The molecular formula is C21H25ClN2O4S2. The lowest BCUT2D eigenvalue weighted by Crippen LogP contribution is -2.29. The van der Waals surface area contributed by atoms with E-state index in [1.54, 1.807) is 11.8 Å². The number of benzene rings is 2. The van der Waals surface area contributed by atoms with Gasteiger partial charge >= 0.3 is 0 Å². The fourth-order valence-corrected chi connectivity index (χ4v) is 5.81. The zero-order valence-corrected chi connectivity index (χ0v) is 19.2. The van der Waals surface area contributed by atoms with Crippen LogP contribution in [0.5, 0.6) is 5.75 Å². The Labute approximate surface area is 187 Å². The Morgan fingerprint density at radius 3 is 2.67 bits per heavy atom. The lowest BCUT2D eigenvalue weighted by atomic mass is 10.2. The molecule has 6 nitrogen and oxygen atoms in total. The Bertz CT molecular complexity index is 992. The SMILES string of the molecule is COc1ccc(S(=O)(=O)N2CCCC2)cc1C(=O)NCCSCc1cccc(Cl)c1. The first kappa shape index (κ1) is 22.9. The van der Waals surface area contributed by atoms with E-state index in [2.05, 4.69) is 5.32 Å². The quantitative estimate of drug-likeness (QED) is 0.566. The first-order chi connectivity index (χ1) is 14.4. The molecule has 2 aromatic rings. The maximum atomic E-state index is 12.8. The van der Waals surface area contributed by atoms with Gasteiger partial charge in [-0.3, -0.25) is 4.79 Å². The number of thioether (sulfide) groups is 1. The van der Waals surface area contributed by atoms with Crippen molar-refractivity contribution in [3.8, 4) is 5.75 Å². The van der Waals surface area contributed by atoms with E-state index in [-0.39, 0.29) is 16.4 Å². The van der Waals surface area contributed by atoms with Gasteiger partial charge in [0, 0.05) is 36.2 Å². The predicted octanol–water partition coefficient (Wildman–Crippen LogP) is 3.80. The van der Waals surface area contributed by atoms with Gasteiger partial charge in [-0.2, -0.15) is 16.1 Å². The second kappa shape index (κ2) is 10.5. The zero-order valence-electron chi connectivity index (χ0n) is 16.8. The average molecular weight is 469 g/mol. The van der Waals surface area contributed by atoms with Crippen LogP contribution < -0.4 is 10.1 Å². The summed E-state index contributed by atoms with van der Waals surface area (Å²) in [5, 5.41) is 3.55. The van der Waals surface area contributed by atoms with Gasteiger partial charge in [0.2, 0.25) is 10.0 Å². The van der Waals surface area contributed by atoms with Gasteiger partial charge < -0.3 is 10.1 Å². The Balaban J connectivity index is 1.60. The molecule has 0 saturated carbocycles. The molecule has 0 aliphatic carbocycles. The van der Waals surface area contributed by atoms with Crippen LogP contribution in [0.1, 0.15) is 28.8 Å². The highest BCUT2D eigenvalue weighted by atomic mass is 35.5. The third-order valence-corrected chi connectivity index (χ3v) is 7.97. The standard InChI is InChI=1S/C21H25ClN2O4S2/c1-28-20-8-7-18(30(26,27)24-10-2-3-11-24)14-19(20)21(25)23-9-12-29-15-16-5-4-6-17(22)13-16/h4-8,13-14H,2-3,9-12,15H2,1H3,(H,23,25). The summed E-state index contributed by atoms with van der Waals surface area (Å²) in [6, 6.07) is 12.1. The second-order valence-electron chi connectivity index (χ2n) is 6.91. The Hall–Kier alpha value is -1.74. The summed E-state index contributed by atoms with van der Waals surface area (Å²) in [6.45, 7) is 1.48. The maximum absolute atomic E-state index is 12.8. The number of carbonyl (C=O) groups is 1. The van der Waals surface area contributed by atoms with Crippen molar-refractivity contribution >= 4 is 39.3 Å². The van der Waals surface area contributed by atoms with E-state index in [4.69, 9.17) is 16.3 Å². The van der Waals surface area contributed by atoms with E-state index in [0.29, 0.717) is 36.2 Å². The molecule has 1 amide bonds. The number of ether oxygens (including phenoxy) is 1. The predicted molar refractivity (Wildman–Crippen MR) is 121 cm³/mol. The zero-order chi connectivity index (χ0) is 21.6. The maximum Gasteiger partial charge on any atom is 0.255 e. The molecule has 0 atom stereocenters. The summed E-state index contributed by atoms with van der Waals surface area (Å²) in [4.78, 5) is 12.8. The number of carbonyl (C=O) groups excluding carboxylic acids is 1. The number of sulfonamides is 1. The summed E-state index contributed by atoms with van der Waals surface area (Å²) < 4.78 is 32.3. The van der Waals surface area contributed by atoms with Crippen LogP contribution in [0.2, 0.25) is 5.02 Å². The van der Waals surface area contributed by atoms with Gasteiger partial charge in [-0.25, -0.2) is 8.42 Å². The first-order valence-corrected chi connectivity index (χ1v) is 12.7. The molecule has 1 heterocycles. The van der Waals surface area contributed by atoms with Crippen molar-refractivity contribution < 1.29 is 17.9 Å². The Morgan fingerprint density at radius 2 is 1.97 bits per heavy atom. The van der Waals surface area contributed by atoms with E-state index in [1.807, 2.05) is 24.3 Å². The normalized spacial score (nSPS) is 14.6. The number of rotatable bonds is 9. The van der Waals surface area contributed by atoms with Crippen LogP contribution >= 0.6 is 23.4 Å². The minimum absolute atomic E-state index is 0.116. The van der Waals surface area contributed by atoms with Crippen LogP contribution in [-0.2, 0) is 15.8 Å². The van der Waals surface area contributed by atoms with Gasteiger partial charge in [0.25, 0.3) is 5.91 Å². The number of nitrogens with zero attached hydrogens (tertiary/aromatic N) is 1. The number of nitrogens with one attached hydrogen (secondary N) is 1. The molecule has 1 saturated heterocycles. The smallest absolute Gasteiger partial charge is 0.255 e. The third-order valence-electron chi connectivity index (χ3n) is 4.81. The largest absolute Gasteiger partial charge is 0.496 e. The van der Waals surface area contributed by atoms with Crippen LogP contribution in [0.3, 0.4) is 0 Å². The highest BCUT2D eigenvalue weighted by Crippen LogP contribution is 2.26. The average Bonchev–Trinajstić information content (AvgIpc) is 3.29. The van der Waals surface area contributed by atoms with Crippen molar-refractivity contribution in [3.05, 3.63) is 58.6 Å². The number of methoxy groups -OCH3 is 1. The molecule has 1 aliphatic heterocycles. The van der Waals surface area contributed by atoms with Crippen molar-refractivity contribution in [2.75, 3.05) is 32.5 Å². The van der Waals surface area contributed by atoms with Crippen LogP contribution in [0.4, 0.5) is 0 Å². The second-order valence-corrected chi connectivity index (χ2v) is 10.4. The van der Waals surface area contributed by atoms with Gasteiger partial charge in [0.1, 0.15) is 5.75 Å². The lowest BCUT2D eigenvalue weighted by molar-refractivity contribution is 0.0953. The van der Waals surface area contributed by atoms with Gasteiger partial charge in [-0.1, -0.05) is 23.7 Å². The van der Waals surface area contributed by atoms with E-state index in [9.17, 15) is 13.2 Å². The number of hydrogen-bond donors (Lipinski definition) is 1. The van der Waals surface area contributed by atoms with E-state index >= 15 is 0 Å². The van der Waals surface area contributed by atoms with Crippen molar-refractivity contribution in [2.45, 2.75) is 23.5 Å². The van der Waals surface area contributed by atoms with E-state index in [0.717, 1.165) is 24.2 Å². The lowest BCUT2D eigenvalue weighted by Gasteiger charge is -2.17. The summed E-state index contributed by atoms with van der Waals surface area (Å²) in [5.74, 6) is 1.50. The Kier molecular flexibility index (Phi) is 8.05. The minimum atomic E-state index is -3.60. The molecule has 0 spiro atoms. The molecule has 0 radical (unpaired) electrons. The van der Waals surface area contributed by atoms with Crippen molar-refractivity contribution in [1.82, 2.24) is 9.62 Å². The molecule has 2 aromatic carbocycles. The molecule has 30 heavy (non-hydrogen) atoms. The molecule has 1 fully saturated rings. The molecule has 0 bridgehead atoms. The number of hydrogen-bond acceptors (Lipinski definition) is 5. The molecule has 162 valence electrons. The van der Waals surface area contributed by atoms with Gasteiger partial charge in [-0.15, -0.1) is 0 Å². The molecule has 1 N–H and O–H groups in total. The van der Waals surface area contributed by atoms with Crippen LogP contribution in [0, 0.1) is 0 Å². The highest BCUT2D eigenvalue weighted by molar-refractivity contribution is 7.98. The fraction of sp³-hybridized carbons (Fsp3) is 0.381. The van der Waals surface area contributed by atoms with Crippen LogP contribution in [-0.4, -0.2) is 51.1 Å². The first-order valence-electron chi connectivity index (χ1n) is 9.70. The fourth-order valence-electron chi connectivity index (χ4n) is 3.25. The van der Waals surface area contributed by atoms with Gasteiger partial charge in [0.05, 0.1) is 17.6 Å². The van der Waals surface area contributed by atoms with E-state index in [1.165, 1.54) is 29.6 Å². The third kappa shape index (κ3) is 5.69. The monoisotopic (exact) mass is 468 g/mol. The van der Waals surface area contributed by atoms with Crippen LogP contribution in [0.25, 0.3) is 0 Å².